The summed E-state index contributed by atoms with van der Waals surface area (Å²) in [6, 6.07) is 15.6. The van der Waals surface area contributed by atoms with Crippen LogP contribution in [-0.2, 0) is 11.3 Å². The van der Waals surface area contributed by atoms with E-state index in [9.17, 15) is 4.79 Å². The highest BCUT2D eigenvalue weighted by Crippen LogP contribution is 2.30. The predicted molar refractivity (Wildman–Crippen MR) is 118 cm³/mol. The molecule has 1 fully saturated rings. The second-order valence-corrected chi connectivity index (χ2v) is 7.90. The highest BCUT2D eigenvalue weighted by Gasteiger charge is 2.31. The van der Waals surface area contributed by atoms with Crippen molar-refractivity contribution in [2.45, 2.75) is 64.8 Å². The molecule has 1 heterocycles. The molecule has 0 saturated carbocycles. The van der Waals surface area contributed by atoms with Crippen LogP contribution in [0.4, 0.5) is 0 Å². The summed E-state index contributed by atoms with van der Waals surface area (Å²) < 4.78 is 11.6. The topological polar surface area (TPSA) is 71.6 Å². The molecule has 0 aromatic heterocycles. The molecule has 1 aliphatic heterocycles. The van der Waals surface area contributed by atoms with Crippen LogP contribution >= 0.6 is 0 Å². The van der Waals surface area contributed by atoms with E-state index in [1.54, 1.807) is 0 Å². The summed E-state index contributed by atoms with van der Waals surface area (Å²) >= 11 is 0. The summed E-state index contributed by atoms with van der Waals surface area (Å²) in [7, 11) is 0. The van der Waals surface area contributed by atoms with Crippen molar-refractivity contribution in [1.82, 2.24) is 16.2 Å². The number of carbonyl (C=O) groups is 1. The van der Waals surface area contributed by atoms with Gasteiger partial charge in [-0.05, 0) is 50.5 Å². The standard InChI is InChI=1S/C24H33N3O3/c1-4-5-14-29-23-9-7-6-8-20(23)21-15-22(27-26-21)24(28)25-16-18-10-12-19(13-11-18)30-17(2)3/h6-13,17,21-22,26-27H,4-5,14-16H2,1-3H3,(H,25,28). The highest BCUT2D eigenvalue weighted by molar-refractivity contribution is 5.82. The van der Waals surface area contributed by atoms with Crippen LogP contribution in [0.5, 0.6) is 11.5 Å². The summed E-state index contributed by atoms with van der Waals surface area (Å²) in [6.45, 7) is 7.34. The first-order chi connectivity index (χ1) is 14.6. The molecule has 3 rings (SSSR count). The van der Waals surface area contributed by atoms with Gasteiger partial charge in [0.15, 0.2) is 0 Å². The van der Waals surface area contributed by atoms with Crippen LogP contribution in [0.2, 0.25) is 0 Å². The van der Waals surface area contributed by atoms with Crippen LogP contribution in [0.3, 0.4) is 0 Å². The molecular formula is C24H33N3O3. The van der Waals surface area contributed by atoms with Crippen molar-refractivity contribution in [3.05, 3.63) is 59.7 Å². The number of ether oxygens (including phenoxy) is 2. The molecule has 2 aromatic carbocycles. The number of benzene rings is 2. The molecule has 1 aliphatic rings. The summed E-state index contributed by atoms with van der Waals surface area (Å²) in [4.78, 5) is 12.6. The molecule has 162 valence electrons. The first-order valence-electron chi connectivity index (χ1n) is 10.8. The first kappa shape index (κ1) is 22.1. The molecule has 3 N–H and O–H groups in total. The van der Waals surface area contributed by atoms with Gasteiger partial charge in [0.2, 0.25) is 5.91 Å². The van der Waals surface area contributed by atoms with Crippen LogP contribution in [-0.4, -0.2) is 24.7 Å². The van der Waals surface area contributed by atoms with E-state index in [4.69, 9.17) is 9.47 Å². The molecule has 0 spiro atoms. The predicted octanol–water partition coefficient (Wildman–Crippen LogP) is 3.88. The summed E-state index contributed by atoms with van der Waals surface area (Å²) in [5.74, 6) is 1.70. The zero-order chi connectivity index (χ0) is 21.3. The van der Waals surface area contributed by atoms with Crippen LogP contribution in [0.1, 0.15) is 57.2 Å². The molecule has 6 heteroatoms. The van der Waals surface area contributed by atoms with Gasteiger partial charge in [-0.2, -0.15) is 0 Å². The van der Waals surface area contributed by atoms with E-state index in [0.717, 1.165) is 35.5 Å². The van der Waals surface area contributed by atoms with Gasteiger partial charge in [-0.15, -0.1) is 0 Å². The molecule has 1 amide bonds. The Morgan fingerprint density at radius 3 is 2.63 bits per heavy atom. The lowest BCUT2D eigenvalue weighted by molar-refractivity contribution is -0.123. The summed E-state index contributed by atoms with van der Waals surface area (Å²) in [5.41, 5.74) is 8.50. The maximum absolute atomic E-state index is 12.6. The third kappa shape index (κ3) is 6.21. The Hall–Kier alpha value is -2.57. The van der Waals surface area contributed by atoms with E-state index in [1.807, 2.05) is 56.3 Å². The van der Waals surface area contributed by atoms with Crippen molar-refractivity contribution in [2.75, 3.05) is 6.61 Å². The van der Waals surface area contributed by atoms with E-state index < -0.39 is 0 Å². The first-order valence-corrected chi connectivity index (χ1v) is 10.8. The van der Waals surface area contributed by atoms with Gasteiger partial charge in [0.1, 0.15) is 17.5 Å². The molecule has 0 bridgehead atoms. The van der Waals surface area contributed by atoms with Gasteiger partial charge < -0.3 is 14.8 Å². The normalized spacial score (nSPS) is 18.4. The fourth-order valence-electron chi connectivity index (χ4n) is 3.43. The van der Waals surface area contributed by atoms with E-state index in [1.165, 1.54) is 0 Å². The lowest BCUT2D eigenvalue weighted by atomic mass is 10.0. The van der Waals surface area contributed by atoms with Gasteiger partial charge in [-0.1, -0.05) is 43.7 Å². The molecule has 2 aromatic rings. The van der Waals surface area contributed by atoms with Crippen LogP contribution < -0.4 is 25.6 Å². The Labute approximate surface area is 179 Å². The number of para-hydroxylation sites is 1. The average molecular weight is 412 g/mol. The number of amides is 1. The minimum Gasteiger partial charge on any atom is -0.493 e. The number of unbranched alkanes of at least 4 members (excludes halogenated alkanes) is 1. The molecule has 2 atom stereocenters. The van der Waals surface area contributed by atoms with Gasteiger partial charge in [0, 0.05) is 12.1 Å². The molecule has 0 radical (unpaired) electrons. The van der Waals surface area contributed by atoms with Crippen molar-refractivity contribution in [3.63, 3.8) is 0 Å². The van der Waals surface area contributed by atoms with E-state index in [-0.39, 0.29) is 24.1 Å². The monoisotopic (exact) mass is 411 g/mol. The average Bonchev–Trinajstić information content (AvgIpc) is 3.23. The fourth-order valence-corrected chi connectivity index (χ4v) is 3.43. The second kappa shape index (κ2) is 11.0. The third-order valence-electron chi connectivity index (χ3n) is 5.03. The number of carbonyl (C=O) groups excluding carboxylic acids is 1. The summed E-state index contributed by atoms with van der Waals surface area (Å²) in [5, 5.41) is 3.02. The van der Waals surface area contributed by atoms with Gasteiger partial charge in [-0.3, -0.25) is 4.79 Å². The Morgan fingerprint density at radius 1 is 1.13 bits per heavy atom. The number of hydrogen-bond donors (Lipinski definition) is 3. The zero-order valence-electron chi connectivity index (χ0n) is 18.1. The minimum atomic E-state index is -0.290. The maximum Gasteiger partial charge on any atom is 0.238 e. The van der Waals surface area contributed by atoms with Crippen molar-refractivity contribution in [1.29, 1.82) is 0 Å². The SMILES string of the molecule is CCCCOc1ccccc1C1CC(C(=O)NCc2ccc(OC(C)C)cc2)NN1. The molecule has 30 heavy (non-hydrogen) atoms. The van der Waals surface area contributed by atoms with E-state index >= 15 is 0 Å². The third-order valence-corrected chi connectivity index (χ3v) is 5.03. The van der Waals surface area contributed by atoms with E-state index in [0.29, 0.717) is 19.6 Å². The molecule has 1 saturated heterocycles. The van der Waals surface area contributed by atoms with Crippen molar-refractivity contribution in [2.24, 2.45) is 0 Å². The van der Waals surface area contributed by atoms with Crippen LogP contribution in [0.25, 0.3) is 0 Å². The molecule has 0 aliphatic carbocycles. The van der Waals surface area contributed by atoms with Crippen LogP contribution in [0, 0.1) is 0 Å². The zero-order valence-corrected chi connectivity index (χ0v) is 18.1. The number of nitrogens with one attached hydrogen (secondary N) is 3. The Bertz CT molecular complexity index is 808. The highest BCUT2D eigenvalue weighted by atomic mass is 16.5. The van der Waals surface area contributed by atoms with Gasteiger partial charge in [0.25, 0.3) is 0 Å². The Morgan fingerprint density at radius 2 is 1.90 bits per heavy atom. The van der Waals surface area contributed by atoms with Crippen molar-refractivity contribution < 1.29 is 14.3 Å². The maximum atomic E-state index is 12.6. The number of rotatable bonds is 10. The summed E-state index contributed by atoms with van der Waals surface area (Å²) in [6.07, 6.45) is 2.94. The fraction of sp³-hybridized carbons (Fsp3) is 0.458. The van der Waals surface area contributed by atoms with Crippen molar-refractivity contribution >= 4 is 5.91 Å². The number of hydrogen-bond acceptors (Lipinski definition) is 5. The minimum absolute atomic E-state index is 0.0168. The quantitative estimate of drug-likeness (QED) is 0.518. The molecule has 2 unspecified atom stereocenters. The van der Waals surface area contributed by atoms with Crippen LogP contribution in [0.15, 0.2) is 48.5 Å². The largest absolute Gasteiger partial charge is 0.493 e. The number of hydrazine groups is 1. The molecular weight excluding hydrogens is 378 g/mol. The van der Waals surface area contributed by atoms with Gasteiger partial charge >= 0.3 is 0 Å². The Kier molecular flexibility index (Phi) is 8.11. The second-order valence-electron chi connectivity index (χ2n) is 7.90. The van der Waals surface area contributed by atoms with Gasteiger partial charge in [-0.25, -0.2) is 10.9 Å². The van der Waals surface area contributed by atoms with Gasteiger partial charge in [0.05, 0.1) is 18.8 Å². The smallest absolute Gasteiger partial charge is 0.238 e. The lowest BCUT2D eigenvalue weighted by Gasteiger charge is -2.16. The Balaban J connectivity index is 1.51. The van der Waals surface area contributed by atoms with Crippen molar-refractivity contribution in [3.8, 4) is 11.5 Å². The molecule has 6 nitrogen and oxygen atoms in total. The van der Waals surface area contributed by atoms with E-state index in [2.05, 4.69) is 29.2 Å². The lowest BCUT2D eigenvalue weighted by Crippen LogP contribution is -2.42.